The van der Waals surface area contributed by atoms with Crippen molar-refractivity contribution < 1.29 is 9.16 Å². The van der Waals surface area contributed by atoms with Crippen LogP contribution in [0, 0.1) is 3.57 Å². The van der Waals surface area contributed by atoms with Crippen molar-refractivity contribution in [3.8, 4) is 0 Å². The molecule has 1 heterocycles. The van der Waals surface area contributed by atoms with Gasteiger partial charge in [-0.2, -0.15) is 0 Å². The molecule has 25 heavy (non-hydrogen) atoms. The van der Waals surface area contributed by atoms with Gasteiger partial charge in [0.1, 0.15) is 6.10 Å². The van der Waals surface area contributed by atoms with E-state index in [4.69, 9.17) is 9.16 Å². The molecule has 0 N–H and O–H groups in total. The van der Waals surface area contributed by atoms with Gasteiger partial charge in [-0.05, 0) is 83.3 Å². The number of ether oxygens (including phenoxy) is 1. The predicted octanol–water partition coefficient (Wildman–Crippen LogP) is 6.97. The summed E-state index contributed by atoms with van der Waals surface area (Å²) < 4.78 is 14.6. The molecule has 0 radical (unpaired) electrons. The summed E-state index contributed by atoms with van der Waals surface area (Å²) in [6.07, 6.45) is 6.04. The van der Waals surface area contributed by atoms with Gasteiger partial charge in [-0.25, -0.2) is 0 Å². The Bertz CT molecular complexity index is 660. The second kappa shape index (κ2) is 7.35. The fourth-order valence-electron chi connectivity index (χ4n) is 3.50. The van der Waals surface area contributed by atoms with Crippen molar-refractivity contribution in [2.75, 3.05) is 0 Å². The van der Waals surface area contributed by atoms with Crippen molar-refractivity contribution in [3.05, 3.63) is 44.7 Å². The molecule has 0 unspecified atom stereocenters. The minimum absolute atomic E-state index is 0.126. The average Bonchev–Trinajstić information content (AvgIpc) is 2.53. The number of halogens is 1. The normalized spacial score (nSPS) is 24.7. The van der Waals surface area contributed by atoms with Gasteiger partial charge in [-0.1, -0.05) is 32.9 Å². The summed E-state index contributed by atoms with van der Waals surface area (Å²) in [4.78, 5) is 0. The lowest BCUT2D eigenvalue weighted by Crippen LogP contribution is -2.46. The van der Waals surface area contributed by atoms with E-state index in [9.17, 15) is 0 Å². The molecule has 2 aliphatic rings. The third-order valence-electron chi connectivity index (χ3n) is 6.02. The molecule has 0 saturated carbocycles. The Morgan fingerprint density at radius 3 is 2.56 bits per heavy atom. The Morgan fingerprint density at radius 2 is 1.88 bits per heavy atom. The monoisotopic (exact) mass is 470 g/mol. The Balaban J connectivity index is 1.90. The van der Waals surface area contributed by atoms with E-state index in [0.29, 0.717) is 0 Å². The van der Waals surface area contributed by atoms with E-state index in [1.54, 1.807) is 0 Å². The number of hydrogen-bond donors (Lipinski definition) is 0. The fourth-order valence-corrected chi connectivity index (χ4v) is 5.37. The summed E-state index contributed by atoms with van der Waals surface area (Å²) in [7, 11) is -1.80. The molecule has 0 fully saturated rings. The van der Waals surface area contributed by atoms with Crippen LogP contribution in [0.15, 0.2) is 35.6 Å². The molecule has 2 nitrogen and oxygen atoms in total. The maximum atomic E-state index is 6.89. The van der Waals surface area contributed by atoms with Crippen LogP contribution in [0.25, 0.3) is 0 Å². The molecule has 1 aliphatic heterocycles. The summed E-state index contributed by atoms with van der Waals surface area (Å²) >= 11 is 2.38. The second-order valence-electron chi connectivity index (χ2n) is 8.92. The standard InChI is InChI=1S/C21H31IO2Si/c1-21(2,3)25(4,5)24-20-14-19(15-9-8-10-16(22)13-15)23-18-12-7-6-11-17(18)20/h8-10,13,19-20H,6-7,11-12,14H2,1-5H3/t19-,20-/m1/s1. The van der Waals surface area contributed by atoms with Crippen LogP contribution in [-0.2, 0) is 9.16 Å². The van der Waals surface area contributed by atoms with Gasteiger partial charge in [-0.3, -0.25) is 0 Å². The van der Waals surface area contributed by atoms with Gasteiger partial charge >= 0.3 is 0 Å². The Hall–Kier alpha value is -0.333. The Kier molecular flexibility index (Phi) is 5.71. The molecular weight excluding hydrogens is 439 g/mol. The first-order chi connectivity index (χ1) is 11.7. The van der Waals surface area contributed by atoms with Crippen molar-refractivity contribution >= 4 is 30.9 Å². The zero-order valence-corrected chi connectivity index (χ0v) is 19.4. The third kappa shape index (κ3) is 4.33. The highest BCUT2D eigenvalue weighted by Crippen LogP contribution is 2.45. The SMILES string of the molecule is CC(C)(C)[Si](C)(C)O[C@@H]1C[C@H](c2cccc(I)c2)OC2=C1CCCC2. The lowest BCUT2D eigenvalue weighted by molar-refractivity contribution is 0.0275. The smallest absolute Gasteiger partial charge is 0.192 e. The van der Waals surface area contributed by atoms with Gasteiger partial charge < -0.3 is 9.16 Å². The highest BCUT2D eigenvalue weighted by atomic mass is 127. The van der Waals surface area contributed by atoms with Crippen molar-refractivity contribution in [1.82, 2.24) is 0 Å². The van der Waals surface area contributed by atoms with E-state index in [1.165, 1.54) is 33.3 Å². The Labute approximate surface area is 167 Å². The maximum Gasteiger partial charge on any atom is 0.192 e. The van der Waals surface area contributed by atoms with Crippen LogP contribution in [0.4, 0.5) is 0 Å². The zero-order chi connectivity index (χ0) is 18.2. The molecular formula is C21H31IO2Si. The van der Waals surface area contributed by atoms with Crippen LogP contribution in [0.1, 0.15) is 64.5 Å². The van der Waals surface area contributed by atoms with Gasteiger partial charge in [0.2, 0.25) is 0 Å². The van der Waals surface area contributed by atoms with Gasteiger partial charge in [0.25, 0.3) is 0 Å². The topological polar surface area (TPSA) is 18.5 Å². The van der Waals surface area contributed by atoms with Crippen LogP contribution in [0.2, 0.25) is 18.1 Å². The van der Waals surface area contributed by atoms with E-state index in [-0.39, 0.29) is 17.2 Å². The van der Waals surface area contributed by atoms with Crippen molar-refractivity contribution in [3.63, 3.8) is 0 Å². The van der Waals surface area contributed by atoms with E-state index < -0.39 is 8.32 Å². The summed E-state index contributed by atoms with van der Waals surface area (Å²) in [6, 6.07) is 8.73. The highest BCUT2D eigenvalue weighted by molar-refractivity contribution is 14.1. The molecule has 138 valence electrons. The zero-order valence-electron chi connectivity index (χ0n) is 16.2. The number of rotatable bonds is 3. The molecule has 3 rings (SSSR count). The van der Waals surface area contributed by atoms with Crippen molar-refractivity contribution in [2.24, 2.45) is 0 Å². The summed E-state index contributed by atoms with van der Waals surface area (Å²) in [5, 5.41) is 0.234. The van der Waals surface area contributed by atoms with E-state index >= 15 is 0 Å². The first-order valence-corrected chi connectivity index (χ1v) is 13.5. The van der Waals surface area contributed by atoms with E-state index in [0.717, 1.165) is 19.3 Å². The molecule has 0 saturated heterocycles. The maximum absolute atomic E-state index is 6.89. The van der Waals surface area contributed by atoms with Gasteiger partial charge in [-0.15, -0.1) is 0 Å². The van der Waals surface area contributed by atoms with Crippen molar-refractivity contribution in [2.45, 2.75) is 83.2 Å². The summed E-state index contributed by atoms with van der Waals surface area (Å²) in [6.45, 7) is 11.7. The number of allylic oxidation sites excluding steroid dienone is 1. The average molecular weight is 470 g/mol. The first kappa shape index (κ1) is 19.4. The van der Waals surface area contributed by atoms with E-state index in [1.807, 2.05) is 0 Å². The fraction of sp³-hybridized carbons (Fsp3) is 0.619. The van der Waals surface area contributed by atoms with Gasteiger partial charge in [0.05, 0.1) is 11.9 Å². The molecule has 1 aliphatic carbocycles. The minimum Gasteiger partial charge on any atom is -0.490 e. The number of hydrogen-bond acceptors (Lipinski definition) is 2. The second-order valence-corrected chi connectivity index (χ2v) is 14.9. The van der Waals surface area contributed by atoms with Crippen LogP contribution in [0.3, 0.4) is 0 Å². The van der Waals surface area contributed by atoms with Crippen LogP contribution >= 0.6 is 22.6 Å². The van der Waals surface area contributed by atoms with Crippen molar-refractivity contribution in [1.29, 1.82) is 0 Å². The molecule has 1 aromatic rings. The molecule has 4 heteroatoms. The van der Waals surface area contributed by atoms with Gasteiger partial charge in [0, 0.05) is 16.4 Å². The Morgan fingerprint density at radius 1 is 1.16 bits per heavy atom. The molecule has 0 aromatic heterocycles. The predicted molar refractivity (Wildman–Crippen MR) is 115 cm³/mol. The highest BCUT2D eigenvalue weighted by Gasteiger charge is 2.42. The van der Waals surface area contributed by atoms with E-state index in [2.05, 4.69) is 80.7 Å². The molecule has 2 atom stereocenters. The minimum atomic E-state index is -1.80. The lowest BCUT2D eigenvalue weighted by Gasteiger charge is -2.44. The summed E-state index contributed by atoms with van der Waals surface area (Å²) in [5.41, 5.74) is 2.74. The summed E-state index contributed by atoms with van der Waals surface area (Å²) in [5.74, 6) is 1.23. The van der Waals surface area contributed by atoms with Crippen LogP contribution in [-0.4, -0.2) is 14.4 Å². The third-order valence-corrected chi connectivity index (χ3v) is 11.2. The van der Waals surface area contributed by atoms with Crippen LogP contribution < -0.4 is 0 Å². The largest absolute Gasteiger partial charge is 0.490 e. The molecule has 0 amide bonds. The van der Waals surface area contributed by atoms with Gasteiger partial charge in [0.15, 0.2) is 8.32 Å². The molecule has 0 spiro atoms. The number of benzene rings is 1. The van der Waals surface area contributed by atoms with Crippen LogP contribution in [0.5, 0.6) is 0 Å². The first-order valence-electron chi connectivity index (χ1n) is 9.49. The quantitative estimate of drug-likeness (QED) is 0.351. The molecule has 1 aromatic carbocycles. The molecule has 0 bridgehead atoms. The lowest BCUT2D eigenvalue weighted by atomic mass is 9.87.